The van der Waals surface area contributed by atoms with Gasteiger partial charge in [-0.1, -0.05) is 30.0 Å². The first kappa shape index (κ1) is 13.0. The van der Waals surface area contributed by atoms with Crippen molar-refractivity contribution >= 4 is 11.8 Å². The normalized spacial score (nSPS) is 10.6. The molecule has 0 radical (unpaired) electrons. The van der Waals surface area contributed by atoms with E-state index in [1.54, 1.807) is 11.8 Å². The Morgan fingerprint density at radius 1 is 1.28 bits per heavy atom. The molecule has 0 bridgehead atoms. The largest absolute Gasteiger partial charge is 0.485 e. The maximum absolute atomic E-state index is 5.79. The summed E-state index contributed by atoms with van der Waals surface area (Å²) in [6.45, 7) is 5.43. The molecule has 0 aliphatic carbocycles. The van der Waals surface area contributed by atoms with Crippen LogP contribution in [0.5, 0.6) is 5.75 Å². The first-order valence-corrected chi connectivity index (χ1v) is 7.13. The van der Waals surface area contributed by atoms with Crippen LogP contribution in [0.4, 0.5) is 0 Å². The summed E-state index contributed by atoms with van der Waals surface area (Å²) in [6.07, 6.45) is 2.00. The lowest BCUT2D eigenvalue weighted by molar-refractivity contribution is 0.286. The number of benzene rings is 1. The van der Waals surface area contributed by atoms with Crippen molar-refractivity contribution in [1.82, 2.24) is 14.8 Å². The summed E-state index contributed by atoms with van der Waals surface area (Å²) in [5, 5.41) is 9.24. The molecular formula is C13H17N3OS. The Morgan fingerprint density at radius 2 is 2.06 bits per heavy atom. The van der Waals surface area contributed by atoms with E-state index in [4.69, 9.17) is 4.74 Å². The molecule has 0 fully saturated rings. The molecule has 0 N–H and O–H groups in total. The summed E-state index contributed by atoms with van der Waals surface area (Å²) in [4.78, 5) is 0. The van der Waals surface area contributed by atoms with E-state index in [2.05, 4.69) is 21.7 Å². The maximum atomic E-state index is 5.79. The number of para-hydroxylation sites is 1. The summed E-state index contributed by atoms with van der Waals surface area (Å²) >= 11 is 1.60. The van der Waals surface area contributed by atoms with Gasteiger partial charge < -0.3 is 9.30 Å². The first-order chi connectivity index (χ1) is 8.76. The van der Waals surface area contributed by atoms with Crippen LogP contribution in [0.3, 0.4) is 0 Å². The van der Waals surface area contributed by atoms with Crippen LogP contribution in [-0.2, 0) is 13.2 Å². The van der Waals surface area contributed by atoms with Crippen molar-refractivity contribution in [2.24, 2.45) is 0 Å². The van der Waals surface area contributed by atoms with Gasteiger partial charge in [0.1, 0.15) is 12.4 Å². The molecule has 0 aliphatic rings. The second kappa shape index (κ2) is 5.91. The fourth-order valence-corrected chi connectivity index (χ4v) is 2.33. The smallest absolute Gasteiger partial charge is 0.191 e. The molecule has 0 aliphatic heterocycles. The zero-order chi connectivity index (χ0) is 13.0. The molecule has 2 aromatic rings. The summed E-state index contributed by atoms with van der Waals surface area (Å²) in [6, 6.07) is 7.98. The highest BCUT2D eigenvalue weighted by Crippen LogP contribution is 2.19. The molecule has 0 spiro atoms. The Kier molecular flexibility index (Phi) is 4.25. The zero-order valence-electron chi connectivity index (χ0n) is 10.9. The van der Waals surface area contributed by atoms with Crippen molar-refractivity contribution in [2.45, 2.75) is 32.2 Å². The van der Waals surface area contributed by atoms with Crippen molar-refractivity contribution in [3.05, 3.63) is 35.7 Å². The molecule has 1 aromatic carbocycles. The van der Waals surface area contributed by atoms with Gasteiger partial charge >= 0.3 is 0 Å². The van der Waals surface area contributed by atoms with E-state index in [1.807, 2.05) is 37.4 Å². The molecule has 0 atom stereocenters. The second-order valence-corrected chi connectivity index (χ2v) is 4.67. The third kappa shape index (κ3) is 2.67. The summed E-state index contributed by atoms with van der Waals surface area (Å²) < 4.78 is 7.86. The van der Waals surface area contributed by atoms with E-state index in [9.17, 15) is 0 Å². The number of nitrogens with zero attached hydrogens (tertiary/aromatic N) is 3. The van der Waals surface area contributed by atoms with Gasteiger partial charge in [0.15, 0.2) is 11.0 Å². The number of thioether (sulfide) groups is 1. The fraction of sp³-hybridized carbons (Fsp3) is 0.385. The Hall–Kier alpha value is -1.49. The molecule has 0 unspecified atom stereocenters. The van der Waals surface area contributed by atoms with Crippen LogP contribution in [0.15, 0.2) is 29.4 Å². The van der Waals surface area contributed by atoms with Crippen LogP contribution < -0.4 is 4.74 Å². The molecule has 1 heterocycles. The molecule has 5 heteroatoms. The molecular weight excluding hydrogens is 246 g/mol. The number of hydrogen-bond donors (Lipinski definition) is 0. The van der Waals surface area contributed by atoms with Gasteiger partial charge in [-0.15, -0.1) is 10.2 Å². The lowest BCUT2D eigenvalue weighted by atomic mass is 10.2. The minimum atomic E-state index is 0.451. The zero-order valence-corrected chi connectivity index (χ0v) is 11.7. The van der Waals surface area contributed by atoms with E-state index in [1.165, 1.54) is 0 Å². The van der Waals surface area contributed by atoms with E-state index in [-0.39, 0.29) is 0 Å². The van der Waals surface area contributed by atoms with E-state index in [0.29, 0.717) is 6.61 Å². The third-order valence-corrected chi connectivity index (χ3v) is 3.41. The van der Waals surface area contributed by atoms with Crippen molar-refractivity contribution in [1.29, 1.82) is 0 Å². The van der Waals surface area contributed by atoms with Crippen molar-refractivity contribution in [3.8, 4) is 5.75 Å². The van der Waals surface area contributed by atoms with Gasteiger partial charge in [-0.3, -0.25) is 0 Å². The number of ether oxygens (including phenoxy) is 1. The van der Waals surface area contributed by atoms with Crippen molar-refractivity contribution in [3.63, 3.8) is 0 Å². The molecule has 96 valence electrons. The van der Waals surface area contributed by atoms with E-state index in [0.717, 1.165) is 28.8 Å². The maximum Gasteiger partial charge on any atom is 0.191 e. The number of hydrogen-bond acceptors (Lipinski definition) is 4. The SMILES string of the molecule is CCn1c(COc2ccccc2C)nnc1SC. The predicted molar refractivity (Wildman–Crippen MR) is 73.0 cm³/mol. The molecule has 0 saturated heterocycles. The van der Waals surface area contributed by atoms with Gasteiger partial charge in [-0.2, -0.15) is 0 Å². The summed E-state index contributed by atoms with van der Waals surface area (Å²) in [5.74, 6) is 1.76. The molecule has 18 heavy (non-hydrogen) atoms. The molecule has 1 aromatic heterocycles. The monoisotopic (exact) mass is 263 g/mol. The average Bonchev–Trinajstić information content (AvgIpc) is 2.79. The minimum Gasteiger partial charge on any atom is -0.485 e. The third-order valence-electron chi connectivity index (χ3n) is 2.74. The Morgan fingerprint density at radius 3 is 2.72 bits per heavy atom. The topological polar surface area (TPSA) is 39.9 Å². The highest BCUT2D eigenvalue weighted by atomic mass is 32.2. The van der Waals surface area contributed by atoms with Crippen LogP contribution in [0, 0.1) is 6.92 Å². The lowest BCUT2D eigenvalue weighted by Gasteiger charge is -2.09. The van der Waals surface area contributed by atoms with Crippen LogP contribution >= 0.6 is 11.8 Å². The van der Waals surface area contributed by atoms with Crippen LogP contribution in [0.2, 0.25) is 0 Å². The van der Waals surface area contributed by atoms with Gasteiger partial charge in [0, 0.05) is 6.54 Å². The van der Waals surface area contributed by atoms with Crippen LogP contribution in [-0.4, -0.2) is 21.0 Å². The van der Waals surface area contributed by atoms with Gasteiger partial charge in [-0.25, -0.2) is 0 Å². The van der Waals surface area contributed by atoms with E-state index >= 15 is 0 Å². The molecule has 4 nitrogen and oxygen atoms in total. The standard InChI is InChI=1S/C13H17N3OS/c1-4-16-12(14-15-13(16)18-3)9-17-11-8-6-5-7-10(11)2/h5-8H,4,9H2,1-3H3. The van der Waals surface area contributed by atoms with Gasteiger partial charge in [-0.05, 0) is 31.7 Å². The lowest BCUT2D eigenvalue weighted by Crippen LogP contribution is -2.07. The van der Waals surface area contributed by atoms with Gasteiger partial charge in [0.05, 0.1) is 0 Å². The van der Waals surface area contributed by atoms with Crippen LogP contribution in [0.25, 0.3) is 0 Å². The van der Waals surface area contributed by atoms with Crippen molar-refractivity contribution in [2.75, 3.05) is 6.26 Å². The predicted octanol–water partition coefficient (Wildman–Crippen LogP) is 2.91. The quantitative estimate of drug-likeness (QED) is 0.778. The number of aryl methyl sites for hydroxylation is 1. The average molecular weight is 263 g/mol. The highest BCUT2D eigenvalue weighted by molar-refractivity contribution is 7.98. The van der Waals surface area contributed by atoms with Crippen LogP contribution in [0.1, 0.15) is 18.3 Å². The Labute approximate surface area is 111 Å². The molecule has 0 saturated carbocycles. The molecule has 0 amide bonds. The van der Waals surface area contributed by atoms with Gasteiger partial charge in [0.2, 0.25) is 0 Å². The Bertz CT molecular complexity index is 525. The molecule has 2 rings (SSSR count). The number of rotatable bonds is 5. The number of aromatic nitrogens is 3. The Balaban J connectivity index is 2.11. The second-order valence-electron chi connectivity index (χ2n) is 3.90. The first-order valence-electron chi connectivity index (χ1n) is 5.90. The minimum absolute atomic E-state index is 0.451. The summed E-state index contributed by atoms with van der Waals surface area (Å²) in [7, 11) is 0. The highest BCUT2D eigenvalue weighted by Gasteiger charge is 2.10. The van der Waals surface area contributed by atoms with E-state index < -0.39 is 0 Å². The van der Waals surface area contributed by atoms with Crippen molar-refractivity contribution < 1.29 is 4.74 Å². The fourth-order valence-electron chi connectivity index (χ4n) is 1.76. The summed E-state index contributed by atoms with van der Waals surface area (Å²) in [5.41, 5.74) is 1.13. The van der Waals surface area contributed by atoms with Gasteiger partial charge in [0.25, 0.3) is 0 Å².